The fraction of sp³-hybridized carbons (Fsp3) is 0.294. The SMILES string of the molecule is O=NC(CCC(=O)NCCc1cccc(C(=O)O)c1)c1cccs1. The van der Waals surface area contributed by atoms with Crippen molar-refractivity contribution in [3.05, 3.63) is 62.7 Å². The lowest BCUT2D eigenvalue weighted by Crippen LogP contribution is -2.25. The van der Waals surface area contributed by atoms with Crippen LogP contribution in [-0.2, 0) is 11.2 Å². The molecule has 1 aromatic carbocycles. The van der Waals surface area contributed by atoms with Crippen molar-refractivity contribution in [2.45, 2.75) is 25.3 Å². The van der Waals surface area contributed by atoms with Gasteiger partial charge in [0, 0.05) is 17.8 Å². The average molecular weight is 346 g/mol. The van der Waals surface area contributed by atoms with E-state index in [9.17, 15) is 14.5 Å². The first-order chi connectivity index (χ1) is 11.6. The number of rotatable bonds is 9. The summed E-state index contributed by atoms with van der Waals surface area (Å²) >= 11 is 1.45. The highest BCUT2D eigenvalue weighted by Gasteiger charge is 2.14. The van der Waals surface area contributed by atoms with Gasteiger partial charge in [-0.25, -0.2) is 4.79 Å². The predicted molar refractivity (Wildman–Crippen MR) is 92.2 cm³/mol. The van der Waals surface area contributed by atoms with Crippen molar-refractivity contribution >= 4 is 23.2 Å². The molecule has 6 nitrogen and oxygen atoms in total. The highest BCUT2D eigenvalue weighted by molar-refractivity contribution is 7.10. The second kappa shape index (κ2) is 8.93. The lowest BCUT2D eigenvalue weighted by molar-refractivity contribution is -0.121. The molecule has 1 amide bonds. The molecule has 1 aromatic heterocycles. The highest BCUT2D eigenvalue weighted by atomic mass is 32.1. The van der Waals surface area contributed by atoms with Gasteiger partial charge in [0.2, 0.25) is 5.91 Å². The van der Waals surface area contributed by atoms with Gasteiger partial charge in [-0.1, -0.05) is 23.4 Å². The van der Waals surface area contributed by atoms with Gasteiger partial charge in [-0.15, -0.1) is 11.3 Å². The number of hydrogen-bond donors (Lipinski definition) is 2. The van der Waals surface area contributed by atoms with E-state index >= 15 is 0 Å². The largest absolute Gasteiger partial charge is 0.478 e. The quantitative estimate of drug-likeness (QED) is 0.680. The third-order valence-corrected chi connectivity index (χ3v) is 4.53. The van der Waals surface area contributed by atoms with E-state index < -0.39 is 12.0 Å². The molecule has 1 atom stereocenters. The third kappa shape index (κ3) is 5.27. The van der Waals surface area contributed by atoms with Gasteiger partial charge in [0.25, 0.3) is 0 Å². The number of hydrogen-bond acceptors (Lipinski definition) is 5. The number of nitrogens with zero attached hydrogens (tertiary/aromatic N) is 1. The summed E-state index contributed by atoms with van der Waals surface area (Å²) in [6.07, 6.45) is 1.15. The smallest absolute Gasteiger partial charge is 0.335 e. The predicted octanol–water partition coefficient (Wildman–Crippen LogP) is 3.39. The summed E-state index contributed by atoms with van der Waals surface area (Å²) in [5.41, 5.74) is 1.08. The minimum absolute atomic E-state index is 0.144. The highest BCUT2D eigenvalue weighted by Crippen LogP contribution is 2.26. The standard InChI is InChI=1S/C17H18N2O4S/c20-16(7-6-14(19-23)15-5-2-10-24-15)18-9-8-12-3-1-4-13(11-12)17(21)22/h1-5,10-11,14H,6-9H2,(H,18,20)(H,21,22). The normalized spacial score (nSPS) is 11.7. The van der Waals surface area contributed by atoms with Crippen LogP contribution in [0.25, 0.3) is 0 Å². The molecule has 2 aromatic rings. The van der Waals surface area contributed by atoms with Gasteiger partial charge in [0.05, 0.1) is 5.56 Å². The lowest BCUT2D eigenvalue weighted by atomic mass is 10.1. The first-order valence-electron chi connectivity index (χ1n) is 7.55. The van der Waals surface area contributed by atoms with Crippen LogP contribution in [0.2, 0.25) is 0 Å². The van der Waals surface area contributed by atoms with Crippen LogP contribution in [0, 0.1) is 4.91 Å². The Morgan fingerprint density at radius 1 is 1.25 bits per heavy atom. The zero-order chi connectivity index (χ0) is 17.4. The van der Waals surface area contributed by atoms with E-state index in [4.69, 9.17) is 5.11 Å². The lowest BCUT2D eigenvalue weighted by Gasteiger charge is -2.08. The molecule has 0 aliphatic rings. The molecular weight excluding hydrogens is 328 g/mol. The van der Waals surface area contributed by atoms with Crippen molar-refractivity contribution in [2.24, 2.45) is 5.18 Å². The molecule has 24 heavy (non-hydrogen) atoms. The van der Waals surface area contributed by atoms with E-state index in [0.717, 1.165) is 10.4 Å². The fourth-order valence-corrected chi connectivity index (χ4v) is 3.08. The van der Waals surface area contributed by atoms with E-state index in [1.165, 1.54) is 17.4 Å². The van der Waals surface area contributed by atoms with Gasteiger partial charge >= 0.3 is 5.97 Å². The Hall–Kier alpha value is -2.54. The number of benzene rings is 1. The molecule has 0 aliphatic heterocycles. The number of carboxylic acids is 1. The molecule has 1 unspecified atom stereocenters. The zero-order valence-corrected chi connectivity index (χ0v) is 13.8. The first kappa shape index (κ1) is 17.8. The maximum atomic E-state index is 11.9. The van der Waals surface area contributed by atoms with Crippen LogP contribution in [0.15, 0.2) is 47.0 Å². The second-order valence-electron chi connectivity index (χ2n) is 5.28. The second-order valence-corrected chi connectivity index (χ2v) is 6.26. The van der Waals surface area contributed by atoms with Crippen LogP contribution in [-0.4, -0.2) is 23.5 Å². The van der Waals surface area contributed by atoms with Crippen LogP contribution in [0.1, 0.15) is 39.7 Å². The van der Waals surface area contributed by atoms with Crippen LogP contribution in [0.4, 0.5) is 0 Å². The summed E-state index contributed by atoms with van der Waals surface area (Å²) in [6, 6.07) is 9.83. The van der Waals surface area contributed by atoms with Crippen molar-refractivity contribution in [1.29, 1.82) is 0 Å². The van der Waals surface area contributed by atoms with Gasteiger partial charge in [-0.05, 0) is 42.0 Å². The number of carboxylic acid groups (broad SMARTS) is 1. The monoisotopic (exact) mass is 346 g/mol. The van der Waals surface area contributed by atoms with E-state index in [1.54, 1.807) is 12.1 Å². The van der Waals surface area contributed by atoms with E-state index in [0.29, 0.717) is 19.4 Å². The summed E-state index contributed by atoms with van der Waals surface area (Å²) in [7, 11) is 0. The van der Waals surface area contributed by atoms with Crippen molar-refractivity contribution in [3.63, 3.8) is 0 Å². The topological polar surface area (TPSA) is 95.8 Å². The van der Waals surface area contributed by atoms with Crippen LogP contribution in [0.3, 0.4) is 0 Å². The maximum absolute atomic E-state index is 11.9. The van der Waals surface area contributed by atoms with E-state index in [2.05, 4.69) is 10.5 Å². The number of amides is 1. The Morgan fingerprint density at radius 2 is 2.08 bits per heavy atom. The summed E-state index contributed by atoms with van der Waals surface area (Å²) < 4.78 is 0. The maximum Gasteiger partial charge on any atom is 0.335 e. The van der Waals surface area contributed by atoms with Gasteiger partial charge in [-0.2, -0.15) is 4.91 Å². The molecular formula is C17H18N2O4S. The Kier molecular flexibility index (Phi) is 6.62. The fourth-order valence-electron chi connectivity index (χ4n) is 2.29. The van der Waals surface area contributed by atoms with Gasteiger partial charge in [-0.3, -0.25) is 4.79 Å². The molecule has 7 heteroatoms. The number of nitroso groups, excluding NO2 is 1. The first-order valence-corrected chi connectivity index (χ1v) is 8.43. The minimum Gasteiger partial charge on any atom is -0.478 e. The Morgan fingerprint density at radius 3 is 2.75 bits per heavy atom. The number of nitrogens with one attached hydrogen (secondary N) is 1. The van der Waals surface area contributed by atoms with E-state index in [-0.39, 0.29) is 17.9 Å². The minimum atomic E-state index is -0.970. The van der Waals surface area contributed by atoms with Crippen molar-refractivity contribution < 1.29 is 14.7 Å². The van der Waals surface area contributed by atoms with Gasteiger partial charge in [0.1, 0.15) is 6.04 Å². The summed E-state index contributed by atoms with van der Waals surface area (Å²) in [5.74, 6) is -1.11. The molecule has 0 fully saturated rings. The van der Waals surface area contributed by atoms with Crippen molar-refractivity contribution in [1.82, 2.24) is 5.32 Å². The Labute approximate surface area is 143 Å². The van der Waals surface area contributed by atoms with Gasteiger partial charge < -0.3 is 10.4 Å². The van der Waals surface area contributed by atoms with Gasteiger partial charge in [0.15, 0.2) is 0 Å². The molecule has 2 rings (SSSR count). The summed E-state index contributed by atoms with van der Waals surface area (Å²) in [5, 5.41) is 16.7. The molecule has 0 spiro atoms. The molecule has 0 radical (unpaired) electrons. The van der Waals surface area contributed by atoms with Crippen LogP contribution >= 0.6 is 11.3 Å². The molecule has 0 aliphatic carbocycles. The summed E-state index contributed by atoms with van der Waals surface area (Å²) in [4.78, 5) is 34.5. The third-order valence-electron chi connectivity index (χ3n) is 3.55. The summed E-state index contributed by atoms with van der Waals surface area (Å²) in [6.45, 7) is 0.417. The number of carbonyl (C=O) groups excluding carboxylic acids is 1. The van der Waals surface area contributed by atoms with Crippen molar-refractivity contribution in [3.8, 4) is 0 Å². The number of carbonyl (C=O) groups is 2. The number of aromatic carboxylic acids is 1. The zero-order valence-electron chi connectivity index (χ0n) is 13.0. The van der Waals surface area contributed by atoms with E-state index in [1.807, 2.05) is 23.6 Å². The average Bonchev–Trinajstić information content (AvgIpc) is 3.10. The Bertz CT molecular complexity index is 700. The molecule has 1 heterocycles. The van der Waals surface area contributed by atoms with Crippen LogP contribution < -0.4 is 5.32 Å². The van der Waals surface area contributed by atoms with Crippen molar-refractivity contribution in [2.75, 3.05) is 6.54 Å². The molecule has 126 valence electrons. The molecule has 0 saturated heterocycles. The molecule has 2 N–H and O–H groups in total. The Balaban J connectivity index is 1.74. The van der Waals surface area contributed by atoms with Crippen LogP contribution in [0.5, 0.6) is 0 Å². The number of thiophene rings is 1. The molecule has 0 bridgehead atoms. The molecule has 0 saturated carbocycles.